The van der Waals surface area contributed by atoms with Gasteiger partial charge in [-0.2, -0.15) is 9.97 Å². The second kappa shape index (κ2) is 8.97. The molecule has 2 aromatic heterocycles. The third-order valence-electron chi connectivity index (χ3n) is 6.59. The second-order valence-electron chi connectivity index (χ2n) is 8.90. The van der Waals surface area contributed by atoms with E-state index in [9.17, 15) is 9.59 Å². The van der Waals surface area contributed by atoms with Gasteiger partial charge in [0.15, 0.2) is 5.65 Å². The molecule has 1 N–H and O–H groups in total. The third kappa shape index (κ3) is 4.37. The summed E-state index contributed by atoms with van der Waals surface area (Å²) in [6.07, 6.45) is 4.96. The minimum Gasteiger partial charge on any atom is -0.468 e. The van der Waals surface area contributed by atoms with E-state index >= 15 is 0 Å². The number of fused-ring (bicyclic) bond motifs is 5. The number of methoxy groups -OCH3 is 1. The van der Waals surface area contributed by atoms with Gasteiger partial charge in [0.05, 0.1) is 32.5 Å². The maximum atomic E-state index is 12.8. The molecule has 174 valence electrons. The lowest BCUT2D eigenvalue weighted by Crippen LogP contribution is -2.36. The molecule has 0 atom stereocenters. The number of nitrogens with one attached hydrogen (secondary N) is 1. The normalized spacial score (nSPS) is 16.8. The molecule has 0 amide bonds. The number of esters is 1. The number of nitrogens with zero attached hydrogens (tertiary/aromatic N) is 4. The Hall–Kier alpha value is -3.20. The van der Waals surface area contributed by atoms with Gasteiger partial charge in [-0.05, 0) is 61.3 Å². The van der Waals surface area contributed by atoms with Crippen LogP contribution in [0, 0.1) is 6.92 Å². The Morgan fingerprint density at radius 1 is 1.15 bits per heavy atom. The van der Waals surface area contributed by atoms with Gasteiger partial charge in [0.1, 0.15) is 5.52 Å². The fourth-order valence-corrected chi connectivity index (χ4v) is 4.91. The lowest BCUT2D eigenvalue weighted by molar-refractivity contribution is -0.142. The highest BCUT2D eigenvalue weighted by Crippen LogP contribution is 2.27. The van der Waals surface area contributed by atoms with Crippen molar-refractivity contribution in [2.24, 2.45) is 0 Å². The summed E-state index contributed by atoms with van der Waals surface area (Å²) in [6, 6.07) is 4.73. The molecular formula is C24H29N5O4. The van der Waals surface area contributed by atoms with E-state index in [1.54, 1.807) is 4.57 Å². The van der Waals surface area contributed by atoms with E-state index < -0.39 is 0 Å². The number of imidazole rings is 1. The van der Waals surface area contributed by atoms with Gasteiger partial charge in [0, 0.05) is 13.1 Å². The van der Waals surface area contributed by atoms with E-state index in [2.05, 4.69) is 32.0 Å². The van der Waals surface area contributed by atoms with E-state index in [-0.39, 0.29) is 18.2 Å². The molecule has 2 aliphatic heterocycles. The van der Waals surface area contributed by atoms with Crippen LogP contribution in [-0.4, -0.2) is 57.2 Å². The van der Waals surface area contributed by atoms with Crippen LogP contribution < -0.4 is 10.4 Å². The van der Waals surface area contributed by atoms with Gasteiger partial charge in [-0.3, -0.25) is 14.3 Å². The summed E-state index contributed by atoms with van der Waals surface area (Å²) >= 11 is 0. The van der Waals surface area contributed by atoms with Crippen molar-refractivity contribution in [1.29, 1.82) is 0 Å². The quantitative estimate of drug-likeness (QED) is 0.596. The van der Waals surface area contributed by atoms with Crippen molar-refractivity contribution < 1.29 is 14.3 Å². The Morgan fingerprint density at radius 2 is 2.00 bits per heavy atom. The van der Waals surface area contributed by atoms with Crippen LogP contribution in [0.2, 0.25) is 0 Å². The minimum absolute atomic E-state index is 0.210. The second-order valence-corrected chi connectivity index (χ2v) is 8.90. The third-order valence-corrected chi connectivity index (χ3v) is 6.59. The van der Waals surface area contributed by atoms with E-state index in [1.165, 1.54) is 23.8 Å². The fourth-order valence-electron chi connectivity index (χ4n) is 4.91. The molecule has 0 spiro atoms. The van der Waals surface area contributed by atoms with Crippen LogP contribution in [0.4, 0.5) is 0 Å². The molecule has 0 saturated carbocycles. The molecule has 0 aliphatic carbocycles. The lowest BCUT2D eigenvalue weighted by atomic mass is 9.89. The predicted molar refractivity (Wildman–Crippen MR) is 122 cm³/mol. The van der Waals surface area contributed by atoms with Gasteiger partial charge < -0.3 is 14.5 Å². The molecule has 0 unspecified atom stereocenters. The SMILES string of the molecule is COC(=O)CN1CCc2c3cc(cc2C1)Cn1c(=O)[nH]c2c(C)nc(nc21)OCCCCC3. The molecule has 33 heavy (non-hydrogen) atoms. The smallest absolute Gasteiger partial charge is 0.328 e. The fraction of sp³-hybridized carbons (Fsp3) is 0.500. The molecule has 9 heteroatoms. The number of hydrogen-bond acceptors (Lipinski definition) is 7. The highest BCUT2D eigenvalue weighted by molar-refractivity contribution is 5.73. The highest BCUT2D eigenvalue weighted by atomic mass is 16.5. The number of H-pyrrole nitrogens is 1. The van der Waals surface area contributed by atoms with E-state index in [0.717, 1.165) is 44.2 Å². The highest BCUT2D eigenvalue weighted by Gasteiger charge is 2.23. The molecule has 2 aliphatic rings. The summed E-state index contributed by atoms with van der Waals surface area (Å²) in [5.74, 6) is -0.220. The van der Waals surface area contributed by atoms with Crippen LogP contribution in [0.25, 0.3) is 11.2 Å². The molecular weight excluding hydrogens is 422 g/mol. The lowest BCUT2D eigenvalue weighted by Gasteiger charge is -2.30. The summed E-state index contributed by atoms with van der Waals surface area (Å²) in [4.78, 5) is 38.6. The topological polar surface area (TPSA) is 102 Å². The maximum Gasteiger partial charge on any atom is 0.328 e. The van der Waals surface area contributed by atoms with Crippen molar-refractivity contribution in [3.8, 4) is 6.01 Å². The average molecular weight is 452 g/mol. The Morgan fingerprint density at radius 3 is 2.85 bits per heavy atom. The molecule has 5 rings (SSSR count). The molecule has 0 fully saturated rings. The number of benzene rings is 1. The Bertz CT molecular complexity index is 1260. The number of aryl methyl sites for hydroxylation is 2. The zero-order valence-corrected chi connectivity index (χ0v) is 19.1. The molecule has 0 radical (unpaired) electrons. The number of carbonyl (C=O) groups is 1. The first kappa shape index (κ1) is 21.6. The standard InChI is InChI=1S/C24H29N5O4/c1-15-21-22-27-23(25-15)33-9-5-3-4-6-17-10-16(12-29(22)24(31)26-21)11-18-13-28(8-7-19(17)18)14-20(30)32-2/h10-11H,3-9,12-14H2,1-2H3,(H,26,31). The molecule has 3 aromatic rings. The van der Waals surface area contributed by atoms with E-state index in [4.69, 9.17) is 9.47 Å². The number of aromatic nitrogens is 4. The van der Waals surface area contributed by atoms with Crippen molar-refractivity contribution in [3.63, 3.8) is 0 Å². The summed E-state index contributed by atoms with van der Waals surface area (Å²) in [6.45, 7) is 4.65. The van der Waals surface area contributed by atoms with Crippen molar-refractivity contribution in [2.75, 3.05) is 26.8 Å². The van der Waals surface area contributed by atoms with Gasteiger partial charge in [0.2, 0.25) is 0 Å². The Kier molecular flexibility index (Phi) is 5.88. The van der Waals surface area contributed by atoms with E-state index in [1.807, 2.05) is 6.92 Å². The van der Waals surface area contributed by atoms with Gasteiger partial charge in [-0.25, -0.2) is 4.79 Å². The van der Waals surface area contributed by atoms with Crippen LogP contribution in [0.3, 0.4) is 0 Å². The summed E-state index contributed by atoms with van der Waals surface area (Å²) in [7, 11) is 1.42. The maximum absolute atomic E-state index is 12.8. The largest absolute Gasteiger partial charge is 0.468 e. The predicted octanol–water partition coefficient (Wildman–Crippen LogP) is 2.11. The first-order valence-corrected chi connectivity index (χ1v) is 11.5. The summed E-state index contributed by atoms with van der Waals surface area (Å²) in [5.41, 5.74) is 6.70. The van der Waals surface area contributed by atoms with Gasteiger partial charge in [0.25, 0.3) is 0 Å². The Labute approximate surface area is 191 Å². The molecule has 9 nitrogen and oxygen atoms in total. The van der Waals surface area contributed by atoms with Gasteiger partial charge >= 0.3 is 17.7 Å². The monoisotopic (exact) mass is 451 g/mol. The zero-order chi connectivity index (χ0) is 22.9. The summed E-state index contributed by atoms with van der Waals surface area (Å²) in [5, 5.41) is 0. The number of aromatic amines is 1. The van der Waals surface area contributed by atoms with Crippen LogP contribution in [0.5, 0.6) is 6.01 Å². The first-order chi connectivity index (χ1) is 16.0. The average Bonchev–Trinajstić information content (AvgIpc) is 3.11. The van der Waals surface area contributed by atoms with Crippen molar-refractivity contribution in [1.82, 2.24) is 24.4 Å². The Balaban J connectivity index is 1.57. The van der Waals surface area contributed by atoms with Crippen LogP contribution >= 0.6 is 0 Å². The molecule has 1 aromatic carbocycles. The number of rotatable bonds is 2. The zero-order valence-electron chi connectivity index (χ0n) is 19.1. The van der Waals surface area contributed by atoms with Crippen molar-refractivity contribution >= 4 is 17.1 Å². The van der Waals surface area contributed by atoms with E-state index in [0.29, 0.717) is 42.6 Å². The molecule has 4 bridgehead atoms. The van der Waals surface area contributed by atoms with Crippen LogP contribution in [-0.2, 0) is 35.5 Å². The van der Waals surface area contributed by atoms with Crippen LogP contribution in [0.15, 0.2) is 16.9 Å². The van der Waals surface area contributed by atoms with Gasteiger partial charge in [-0.1, -0.05) is 12.1 Å². The molecule has 0 saturated heterocycles. The minimum atomic E-state index is -0.220. The first-order valence-electron chi connectivity index (χ1n) is 11.5. The number of carbonyl (C=O) groups excluding carboxylic acids is 1. The van der Waals surface area contributed by atoms with Crippen molar-refractivity contribution in [2.45, 2.75) is 52.1 Å². The number of ether oxygens (including phenoxy) is 2. The van der Waals surface area contributed by atoms with Crippen LogP contribution in [0.1, 0.15) is 47.2 Å². The molecule has 4 heterocycles. The van der Waals surface area contributed by atoms with Gasteiger partial charge in [-0.15, -0.1) is 0 Å². The van der Waals surface area contributed by atoms with Crippen molar-refractivity contribution in [3.05, 3.63) is 50.6 Å². The summed E-state index contributed by atoms with van der Waals surface area (Å²) < 4.78 is 12.3. The number of hydrogen-bond donors (Lipinski definition) is 1.